The summed E-state index contributed by atoms with van der Waals surface area (Å²) in [6.45, 7) is 6.26. The SMILES string of the molecule is CCC(=O)C(c1ccccc1)(c1ccccc1)C(C)(C)N(C)C. The summed E-state index contributed by atoms with van der Waals surface area (Å²) in [5, 5.41) is 0. The summed E-state index contributed by atoms with van der Waals surface area (Å²) in [6.07, 6.45) is 0.501. The van der Waals surface area contributed by atoms with Gasteiger partial charge < -0.3 is 4.90 Å². The van der Waals surface area contributed by atoms with Crippen LogP contribution in [0.1, 0.15) is 38.3 Å². The van der Waals surface area contributed by atoms with Gasteiger partial charge in [0.1, 0.15) is 5.78 Å². The molecule has 0 bridgehead atoms. The number of hydrogen-bond acceptors (Lipinski definition) is 2. The number of hydrogen-bond donors (Lipinski definition) is 0. The van der Waals surface area contributed by atoms with Gasteiger partial charge in [-0.15, -0.1) is 0 Å². The van der Waals surface area contributed by atoms with Crippen LogP contribution in [0.15, 0.2) is 60.7 Å². The molecule has 0 aliphatic carbocycles. The van der Waals surface area contributed by atoms with Crippen molar-refractivity contribution in [2.24, 2.45) is 0 Å². The van der Waals surface area contributed by atoms with Crippen molar-refractivity contribution in [2.75, 3.05) is 14.1 Å². The van der Waals surface area contributed by atoms with Gasteiger partial charge in [0, 0.05) is 12.0 Å². The summed E-state index contributed by atoms with van der Waals surface area (Å²) >= 11 is 0. The normalized spacial score (nSPS) is 12.4. The Hall–Kier alpha value is -1.93. The standard InChI is InChI=1S/C21H27NO/c1-6-19(23)21(20(2,3)22(4)5,17-13-9-7-10-14-17)18-15-11-8-12-16-18/h7-16H,6H2,1-5H3. The fourth-order valence-electron chi connectivity index (χ4n) is 3.51. The predicted octanol–water partition coefficient (Wildman–Crippen LogP) is 4.29. The Morgan fingerprint density at radius 1 is 0.870 bits per heavy atom. The van der Waals surface area contributed by atoms with Crippen molar-refractivity contribution < 1.29 is 4.79 Å². The molecule has 2 nitrogen and oxygen atoms in total. The molecular formula is C21H27NO. The first-order valence-corrected chi connectivity index (χ1v) is 8.20. The van der Waals surface area contributed by atoms with Crippen LogP contribution >= 0.6 is 0 Å². The third-order valence-electron chi connectivity index (χ3n) is 5.19. The first-order valence-electron chi connectivity index (χ1n) is 8.20. The summed E-state index contributed by atoms with van der Waals surface area (Å²) in [5.74, 6) is 0.244. The minimum absolute atomic E-state index is 0.244. The largest absolute Gasteiger partial charge is 0.303 e. The molecular weight excluding hydrogens is 282 g/mol. The highest BCUT2D eigenvalue weighted by molar-refractivity contribution is 5.95. The molecule has 0 saturated carbocycles. The lowest BCUT2D eigenvalue weighted by Crippen LogP contribution is -2.60. The highest BCUT2D eigenvalue weighted by Crippen LogP contribution is 2.45. The first-order chi connectivity index (χ1) is 10.9. The molecule has 0 radical (unpaired) electrons. The molecule has 2 aromatic rings. The number of benzene rings is 2. The van der Waals surface area contributed by atoms with Gasteiger partial charge in [0.25, 0.3) is 0 Å². The predicted molar refractivity (Wildman–Crippen MR) is 96.7 cm³/mol. The molecule has 23 heavy (non-hydrogen) atoms. The second kappa shape index (κ2) is 6.67. The molecule has 0 aliphatic rings. The van der Waals surface area contributed by atoms with Crippen LogP contribution in [0.2, 0.25) is 0 Å². The van der Waals surface area contributed by atoms with E-state index in [1.165, 1.54) is 0 Å². The average Bonchev–Trinajstić information content (AvgIpc) is 2.57. The summed E-state index contributed by atoms with van der Waals surface area (Å²) in [5.41, 5.74) is 1.03. The third kappa shape index (κ3) is 2.72. The van der Waals surface area contributed by atoms with Crippen LogP contribution in [-0.2, 0) is 10.2 Å². The number of likely N-dealkylation sites (N-methyl/N-ethyl adjacent to an activating group) is 1. The van der Waals surface area contributed by atoms with Gasteiger partial charge in [0.05, 0.1) is 5.41 Å². The van der Waals surface area contributed by atoms with Crippen LogP contribution in [0.25, 0.3) is 0 Å². The van der Waals surface area contributed by atoms with Crippen LogP contribution in [-0.4, -0.2) is 30.3 Å². The Bertz CT molecular complexity index is 605. The fourth-order valence-corrected chi connectivity index (χ4v) is 3.51. The van der Waals surface area contributed by atoms with Crippen molar-refractivity contribution in [2.45, 2.75) is 38.1 Å². The number of rotatable bonds is 6. The number of Topliss-reactive ketones (excluding diaryl/α,β-unsaturated/α-hetero) is 1. The molecule has 2 heteroatoms. The zero-order valence-corrected chi connectivity index (χ0v) is 14.8. The zero-order valence-electron chi connectivity index (χ0n) is 14.8. The van der Waals surface area contributed by atoms with Crippen LogP contribution in [0.3, 0.4) is 0 Å². The molecule has 0 fully saturated rings. The molecule has 0 aliphatic heterocycles. The summed E-state index contributed by atoms with van der Waals surface area (Å²) < 4.78 is 0. The molecule has 122 valence electrons. The minimum atomic E-state index is -0.701. The highest BCUT2D eigenvalue weighted by Gasteiger charge is 2.53. The van der Waals surface area contributed by atoms with Crippen molar-refractivity contribution in [1.82, 2.24) is 4.90 Å². The number of nitrogens with zero attached hydrogens (tertiary/aromatic N) is 1. The van der Waals surface area contributed by atoms with Gasteiger partial charge in [-0.25, -0.2) is 0 Å². The van der Waals surface area contributed by atoms with Gasteiger partial charge in [0.15, 0.2) is 0 Å². The van der Waals surface area contributed by atoms with Crippen LogP contribution in [0.5, 0.6) is 0 Å². The fraction of sp³-hybridized carbons (Fsp3) is 0.381. The van der Waals surface area contributed by atoms with Gasteiger partial charge in [-0.3, -0.25) is 4.79 Å². The van der Waals surface area contributed by atoms with E-state index in [4.69, 9.17) is 0 Å². The topological polar surface area (TPSA) is 20.3 Å². The number of carbonyl (C=O) groups is 1. The van der Waals surface area contributed by atoms with Crippen molar-refractivity contribution >= 4 is 5.78 Å². The monoisotopic (exact) mass is 309 g/mol. The third-order valence-corrected chi connectivity index (χ3v) is 5.19. The lowest BCUT2D eigenvalue weighted by Gasteiger charge is -2.50. The molecule has 0 aromatic heterocycles. The molecule has 2 aromatic carbocycles. The number of ketones is 1. The molecule has 0 N–H and O–H groups in total. The molecule has 0 saturated heterocycles. The molecule has 0 atom stereocenters. The zero-order chi connectivity index (χ0) is 17.1. The van der Waals surface area contributed by atoms with Crippen LogP contribution < -0.4 is 0 Å². The Labute approximate surface area is 140 Å². The van der Waals surface area contributed by atoms with Gasteiger partial charge in [-0.1, -0.05) is 67.6 Å². The summed E-state index contributed by atoms with van der Waals surface area (Å²) in [4.78, 5) is 15.5. The Morgan fingerprint density at radius 3 is 1.57 bits per heavy atom. The Morgan fingerprint density at radius 2 is 1.26 bits per heavy atom. The molecule has 0 unspecified atom stereocenters. The van der Waals surface area contributed by atoms with Gasteiger partial charge >= 0.3 is 0 Å². The van der Waals surface area contributed by atoms with Crippen molar-refractivity contribution in [3.8, 4) is 0 Å². The maximum Gasteiger partial charge on any atom is 0.149 e. The smallest absolute Gasteiger partial charge is 0.149 e. The summed E-state index contributed by atoms with van der Waals surface area (Å²) in [6, 6.07) is 20.4. The van der Waals surface area contributed by atoms with Crippen LogP contribution in [0.4, 0.5) is 0 Å². The van der Waals surface area contributed by atoms with Gasteiger partial charge in [0.2, 0.25) is 0 Å². The van der Waals surface area contributed by atoms with E-state index in [0.717, 1.165) is 11.1 Å². The van der Waals surface area contributed by atoms with Gasteiger partial charge in [-0.05, 0) is 39.1 Å². The highest BCUT2D eigenvalue weighted by atomic mass is 16.1. The lowest BCUT2D eigenvalue weighted by atomic mass is 9.59. The van der Waals surface area contributed by atoms with Crippen molar-refractivity contribution in [1.29, 1.82) is 0 Å². The van der Waals surface area contributed by atoms with Crippen molar-refractivity contribution in [3.63, 3.8) is 0 Å². The summed E-state index contributed by atoms with van der Waals surface area (Å²) in [7, 11) is 4.09. The van der Waals surface area contributed by atoms with Crippen molar-refractivity contribution in [3.05, 3.63) is 71.8 Å². The first kappa shape index (κ1) is 17.4. The van der Waals surface area contributed by atoms with E-state index < -0.39 is 5.41 Å². The molecule has 0 spiro atoms. The lowest BCUT2D eigenvalue weighted by molar-refractivity contribution is -0.127. The van der Waals surface area contributed by atoms with E-state index >= 15 is 0 Å². The molecule has 0 amide bonds. The van der Waals surface area contributed by atoms with Crippen LogP contribution in [0, 0.1) is 0 Å². The maximum absolute atomic E-state index is 13.4. The number of carbonyl (C=O) groups excluding carboxylic acids is 1. The van der Waals surface area contributed by atoms with E-state index in [1.54, 1.807) is 0 Å². The average molecular weight is 309 g/mol. The minimum Gasteiger partial charge on any atom is -0.303 e. The van der Waals surface area contributed by atoms with E-state index in [-0.39, 0.29) is 11.3 Å². The Kier molecular flexibility index (Phi) is 5.06. The second-order valence-corrected chi connectivity index (χ2v) is 6.71. The van der Waals surface area contributed by atoms with E-state index in [2.05, 4.69) is 43.0 Å². The van der Waals surface area contributed by atoms with Gasteiger partial charge in [-0.2, -0.15) is 0 Å². The Balaban J connectivity index is 2.89. The van der Waals surface area contributed by atoms with E-state index in [0.29, 0.717) is 6.42 Å². The molecule has 0 heterocycles. The van der Waals surface area contributed by atoms with E-state index in [1.807, 2.05) is 57.4 Å². The quantitative estimate of drug-likeness (QED) is 0.793. The maximum atomic E-state index is 13.4. The molecule has 2 rings (SSSR count). The van der Waals surface area contributed by atoms with E-state index in [9.17, 15) is 4.79 Å². The second-order valence-electron chi connectivity index (χ2n) is 6.71.